The van der Waals surface area contributed by atoms with Crippen LogP contribution in [0.3, 0.4) is 0 Å². The minimum absolute atomic E-state index is 0.0524. The Morgan fingerprint density at radius 3 is 2.54 bits per heavy atom. The van der Waals surface area contributed by atoms with Crippen LogP contribution in [0, 0.1) is 0 Å². The average Bonchev–Trinajstić information content (AvgIpc) is 3.11. The number of amides is 1. The number of ether oxygens (including phenoxy) is 2. The van der Waals surface area contributed by atoms with Crippen LogP contribution < -0.4 is 14.8 Å². The van der Waals surface area contributed by atoms with Crippen LogP contribution in [-0.4, -0.2) is 30.3 Å². The fourth-order valence-electron chi connectivity index (χ4n) is 3.43. The quantitative estimate of drug-likeness (QED) is 0.755. The standard InChI is InChI=1S/C20H19N3O3/c1-25-15-9-8-13(10-16(15)26-2)14-11-17(24)21-20-18(14)19(22-23-20)12-6-4-3-5-7-12/h3-10,14H,11H2,1-2H3,(H2,21,22,23,24)/t14-/m1/s1. The number of aromatic nitrogens is 2. The van der Waals surface area contributed by atoms with Gasteiger partial charge in [-0.25, -0.2) is 0 Å². The zero-order valence-corrected chi connectivity index (χ0v) is 14.6. The summed E-state index contributed by atoms with van der Waals surface area (Å²) in [4.78, 5) is 12.2. The fraction of sp³-hybridized carbons (Fsp3) is 0.200. The van der Waals surface area contributed by atoms with E-state index in [0.29, 0.717) is 23.7 Å². The van der Waals surface area contributed by atoms with Crippen LogP contribution >= 0.6 is 0 Å². The lowest BCUT2D eigenvalue weighted by molar-refractivity contribution is -0.116. The van der Waals surface area contributed by atoms with Crippen molar-refractivity contribution in [1.82, 2.24) is 10.2 Å². The van der Waals surface area contributed by atoms with E-state index in [9.17, 15) is 4.79 Å². The van der Waals surface area contributed by atoms with Crippen molar-refractivity contribution in [2.75, 3.05) is 19.5 Å². The van der Waals surface area contributed by atoms with E-state index in [-0.39, 0.29) is 11.8 Å². The second-order valence-corrected chi connectivity index (χ2v) is 6.15. The summed E-state index contributed by atoms with van der Waals surface area (Å²) in [7, 11) is 3.21. The number of benzene rings is 2. The minimum atomic E-state index is -0.118. The molecular formula is C20H19N3O3. The molecule has 2 heterocycles. The molecule has 4 rings (SSSR count). The lowest BCUT2D eigenvalue weighted by Crippen LogP contribution is -2.23. The first-order valence-corrected chi connectivity index (χ1v) is 8.36. The van der Waals surface area contributed by atoms with Crippen LogP contribution in [0.25, 0.3) is 11.3 Å². The maximum Gasteiger partial charge on any atom is 0.226 e. The van der Waals surface area contributed by atoms with Crippen LogP contribution in [0.5, 0.6) is 11.5 Å². The van der Waals surface area contributed by atoms with Crippen molar-refractivity contribution < 1.29 is 14.3 Å². The van der Waals surface area contributed by atoms with E-state index in [1.807, 2.05) is 48.5 Å². The Morgan fingerprint density at radius 2 is 1.81 bits per heavy atom. The van der Waals surface area contributed by atoms with Gasteiger partial charge in [0.1, 0.15) is 0 Å². The third-order valence-electron chi connectivity index (χ3n) is 4.67. The van der Waals surface area contributed by atoms with Gasteiger partial charge in [-0.15, -0.1) is 0 Å². The van der Waals surface area contributed by atoms with Crippen LogP contribution in [0.2, 0.25) is 0 Å². The minimum Gasteiger partial charge on any atom is -0.493 e. The third kappa shape index (κ3) is 2.69. The first kappa shape index (κ1) is 16.2. The second-order valence-electron chi connectivity index (χ2n) is 6.15. The highest BCUT2D eigenvalue weighted by atomic mass is 16.5. The number of methoxy groups -OCH3 is 2. The average molecular weight is 349 g/mol. The predicted octanol–water partition coefficient (Wildman–Crippen LogP) is 3.57. The van der Waals surface area contributed by atoms with Crippen LogP contribution in [0.15, 0.2) is 48.5 Å². The van der Waals surface area contributed by atoms with Gasteiger partial charge in [-0.2, -0.15) is 5.10 Å². The van der Waals surface area contributed by atoms with Crippen molar-refractivity contribution in [3.8, 4) is 22.8 Å². The van der Waals surface area contributed by atoms with Crippen LogP contribution in [0.1, 0.15) is 23.5 Å². The van der Waals surface area contributed by atoms with E-state index >= 15 is 0 Å². The molecule has 132 valence electrons. The summed E-state index contributed by atoms with van der Waals surface area (Å²) in [6.45, 7) is 0. The molecule has 26 heavy (non-hydrogen) atoms. The SMILES string of the molecule is COc1ccc([C@H]2CC(=O)Nc3n[nH]c(-c4ccccc4)c32)cc1OC. The fourth-order valence-corrected chi connectivity index (χ4v) is 3.43. The Labute approximate surface area is 151 Å². The molecule has 2 N–H and O–H groups in total. The monoisotopic (exact) mass is 349 g/mol. The molecule has 0 saturated heterocycles. The molecule has 1 atom stereocenters. The number of hydrogen-bond donors (Lipinski definition) is 2. The molecule has 0 fully saturated rings. The molecule has 0 bridgehead atoms. The lowest BCUT2D eigenvalue weighted by atomic mass is 9.84. The Balaban J connectivity index is 1.85. The van der Waals surface area contributed by atoms with Gasteiger partial charge in [-0.1, -0.05) is 36.4 Å². The van der Waals surface area contributed by atoms with Crippen molar-refractivity contribution in [3.05, 3.63) is 59.7 Å². The number of nitrogens with zero attached hydrogens (tertiary/aromatic N) is 1. The number of H-pyrrole nitrogens is 1. The zero-order valence-electron chi connectivity index (χ0n) is 14.6. The topological polar surface area (TPSA) is 76.2 Å². The van der Waals surface area contributed by atoms with Crippen molar-refractivity contribution >= 4 is 11.7 Å². The van der Waals surface area contributed by atoms with Crippen molar-refractivity contribution in [1.29, 1.82) is 0 Å². The summed E-state index contributed by atoms with van der Waals surface area (Å²) in [5.41, 5.74) is 3.92. The zero-order chi connectivity index (χ0) is 18.1. The maximum atomic E-state index is 12.2. The Morgan fingerprint density at radius 1 is 1.04 bits per heavy atom. The van der Waals surface area contributed by atoms with Gasteiger partial charge in [0.25, 0.3) is 0 Å². The van der Waals surface area contributed by atoms with Gasteiger partial charge in [-0.05, 0) is 23.3 Å². The molecule has 1 amide bonds. The number of fused-ring (bicyclic) bond motifs is 1. The molecule has 1 aliphatic heterocycles. The lowest BCUT2D eigenvalue weighted by Gasteiger charge is -2.24. The Hall–Kier alpha value is -3.28. The number of carbonyl (C=O) groups is 1. The predicted molar refractivity (Wildman–Crippen MR) is 98.7 cm³/mol. The van der Waals surface area contributed by atoms with Crippen molar-refractivity contribution in [2.45, 2.75) is 12.3 Å². The van der Waals surface area contributed by atoms with E-state index in [1.54, 1.807) is 14.2 Å². The summed E-state index contributed by atoms with van der Waals surface area (Å²) in [6.07, 6.45) is 0.349. The number of nitrogens with one attached hydrogen (secondary N) is 2. The van der Waals surface area contributed by atoms with Gasteiger partial charge in [0, 0.05) is 17.9 Å². The molecule has 6 nitrogen and oxygen atoms in total. The first-order valence-electron chi connectivity index (χ1n) is 8.36. The van der Waals surface area contributed by atoms with E-state index in [2.05, 4.69) is 15.5 Å². The summed E-state index contributed by atoms with van der Waals surface area (Å²) in [5, 5.41) is 10.3. The largest absolute Gasteiger partial charge is 0.493 e. The molecule has 2 aromatic carbocycles. The van der Waals surface area contributed by atoms with E-state index in [4.69, 9.17) is 9.47 Å². The highest BCUT2D eigenvalue weighted by molar-refractivity contribution is 5.96. The van der Waals surface area contributed by atoms with Gasteiger partial charge in [-0.3, -0.25) is 9.89 Å². The summed E-state index contributed by atoms with van der Waals surface area (Å²) >= 11 is 0. The normalized spacial score (nSPS) is 15.9. The van der Waals surface area contributed by atoms with Gasteiger partial charge in [0.15, 0.2) is 17.3 Å². The summed E-state index contributed by atoms with van der Waals surface area (Å²) < 4.78 is 10.8. The number of hydrogen-bond acceptors (Lipinski definition) is 4. The van der Waals surface area contributed by atoms with E-state index < -0.39 is 0 Å². The molecule has 0 unspecified atom stereocenters. The number of carbonyl (C=O) groups excluding carboxylic acids is 1. The molecule has 0 aliphatic carbocycles. The first-order chi connectivity index (χ1) is 12.7. The molecule has 0 radical (unpaired) electrons. The van der Waals surface area contributed by atoms with Gasteiger partial charge >= 0.3 is 0 Å². The maximum absolute atomic E-state index is 12.2. The van der Waals surface area contributed by atoms with Gasteiger partial charge < -0.3 is 14.8 Å². The highest BCUT2D eigenvalue weighted by Gasteiger charge is 2.32. The van der Waals surface area contributed by atoms with Crippen molar-refractivity contribution in [2.24, 2.45) is 0 Å². The Bertz CT molecular complexity index is 950. The smallest absolute Gasteiger partial charge is 0.226 e. The molecule has 1 aliphatic rings. The number of anilines is 1. The molecule has 6 heteroatoms. The van der Waals surface area contributed by atoms with Crippen LogP contribution in [-0.2, 0) is 4.79 Å². The second kappa shape index (κ2) is 6.55. The van der Waals surface area contributed by atoms with E-state index in [0.717, 1.165) is 22.4 Å². The number of rotatable bonds is 4. The summed E-state index contributed by atoms with van der Waals surface area (Å²) in [5.74, 6) is 1.71. The molecule has 0 spiro atoms. The van der Waals surface area contributed by atoms with Crippen LogP contribution in [0.4, 0.5) is 5.82 Å². The van der Waals surface area contributed by atoms with Gasteiger partial charge in [0.05, 0.1) is 19.9 Å². The van der Waals surface area contributed by atoms with Crippen molar-refractivity contribution in [3.63, 3.8) is 0 Å². The van der Waals surface area contributed by atoms with E-state index in [1.165, 1.54) is 0 Å². The molecular weight excluding hydrogens is 330 g/mol. The molecule has 0 saturated carbocycles. The number of aromatic amines is 1. The van der Waals surface area contributed by atoms with Gasteiger partial charge in [0.2, 0.25) is 5.91 Å². The highest BCUT2D eigenvalue weighted by Crippen LogP contribution is 2.43. The Kier molecular flexibility index (Phi) is 4.08. The molecule has 3 aromatic rings. The molecule has 1 aromatic heterocycles. The summed E-state index contributed by atoms with van der Waals surface area (Å²) in [6, 6.07) is 15.7. The third-order valence-corrected chi connectivity index (χ3v) is 4.67.